The lowest BCUT2D eigenvalue weighted by Crippen LogP contribution is -2.41. The second kappa shape index (κ2) is 9.89. The molecule has 1 aliphatic heterocycles. The van der Waals surface area contributed by atoms with E-state index in [9.17, 15) is 13.2 Å². The number of pyridine rings is 1. The third-order valence-electron chi connectivity index (χ3n) is 8.37. The Morgan fingerprint density at radius 1 is 1.13 bits per heavy atom. The maximum atomic E-state index is 13.5. The molecule has 39 heavy (non-hydrogen) atoms. The predicted octanol–water partition coefficient (Wildman–Crippen LogP) is 4.76. The Balaban J connectivity index is 1.28. The first kappa shape index (κ1) is 25.7. The number of amides is 2. The van der Waals surface area contributed by atoms with Crippen molar-refractivity contribution in [1.29, 1.82) is 0 Å². The molecule has 0 saturated heterocycles. The van der Waals surface area contributed by atoms with Crippen molar-refractivity contribution >= 4 is 21.6 Å². The van der Waals surface area contributed by atoms with Crippen LogP contribution in [-0.2, 0) is 21.8 Å². The number of hydrogen-bond acceptors (Lipinski definition) is 7. The summed E-state index contributed by atoms with van der Waals surface area (Å²) in [6.07, 6.45) is 9.89. The monoisotopic (exact) mass is 547 g/mol. The van der Waals surface area contributed by atoms with Crippen molar-refractivity contribution in [3.8, 4) is 17.1 Å². The van der Waals surface area contributed by atoms with Crippen LogP contribution in [0.2, 0.25) is 0 Å². The zero-order chi connectivity index (χ0) is 27.2. The standard InChI is InChI=1S/C29H33N5O4S/c1-3-39(36,37)21-10-6-19(7-11-21)15-31-28(35)34-17-29(12-4-5-13-29)22-14-23(30-16-24(22)34)25-26(20-8-9-20)32-18-33-27(25)38-2/h6-7,10-11,14,16,18,20H,3-5,8-9,12-13,15,17H2,1-2H3,(H,31,35). The molecule has 2 aromatic heterocycles. The SMILES string of the molecule is CCS(=O)(=O)c1ccc(CNC(=O)N2CC3(CCCC3)c3cc(-c4c(OC)ncnc4C4CC4)ncc32)cc1. The van der Waals surface area contributed by atoms with Crippen LogP contribution in [0.3, 0.4) is 0 Å². The Kier molecular flexibility index (Phi) is 6.53. The molecular formula is C29H33N5O4S. The van der Waals surface area contributed by atoms with E-state index in [1.165, 1.54) is 0 Å². The molecule has 1 N–H and O–H groups in total. The third-order valence-corrected chi connectivity index (χ3v) is 10.1. The van der Waals surface area contributed by atoms with Gasteiger partial charge in [0.25, 0.3) is 0 Å². The van der Waals surface area contributed by atoms with Gasteiger partial charge in [-0.25, -0.2) is 23.2 Å². The van der Waals surface area contributed by atoms with Gasteiger partial charge in [0.15, 0.2) is 9.84 Å². The number of nitrogens with zero attached hydrogens (tertiary/aromatic N) is 4. The fourth-order valence-electron chi connectivity index (χ4n) is 6.06. The van der Waals surface area contributed by atoms with Gasteiger partial charge in [0.05, 0.1) is 46.6 Å². The molecule has 2 saturated carbocycles. The van der Waals surface area contributed by atoms with Crippen LogP contribution in [0.1, 0.15) is 68.2 Å². The number of anilines is 1. The second-order valence-corrected chi connectivity index (χ2v) is 13.1. The van der Waals surface area contributed by atoms with E-state index in [-0.39, 0.29) is 17.2 Å². The number of urea groups is 1. The highest BCUT2D eigenvalue weighted by molar-refractivity contribution is 7.91. The Hall–Kier alpha value is -3.53. The van der Waals surface area contributed by atoms with Crippen LogP contribution in [0, 0.1) is 0 Å². The molecule has 1 aromatic carbocycles. The number of ether oxygens (including phenoxy) is 1. The number of sulfone groups is 1. The number of hydrogen-bond donors (Lipinski definition) is 1. The fraction of sp³-hybridized carbons (Fsp3) is 0.448. The highest BCUT2D eigenvalue weighted by Crippen LogP contribution is 2.52. The van der Waals surface area contributed by atoms with Gasteiger partial charge in [0.1, 0.15) is 6.33 Å². The highest BCUT2D eigenvalue weighted by atomic mass is 32.2. The third kappa shape index (κ3) is 4.64. The molecule has 3 aliphatic rings. The van der Waals surface area contributed by atoms with E-state index < -0.39 is 9.84 Å². The summed E-state index contributed by atoms with van der Waals surface area (Å²) in [6.45, 7) is 2.55. The van der Waals surface area contributed by atoms with E-state index in [1.807, 2.05) is 11.1 Å². The van der Waals surface area contributed by atoms with Gasteiger partial charge in [-0.2, -0.15) is 0 Å². The summed E-state index contributed by atoms with van der Waals surface area (Å²) in [5.74, 6) is 0.997. The smallest absolute Gasteiger partial charge is 0.322 e. The van der Waals surface area contributed by atoms with Gasteiger partial charge in [-0.1, -0.05) is 31.9 Å². The molecule has 0 bridgehead atoms. The van der Waals surface area contributed by atoms with Crippen molar-refractivity contribution in [2.75, 3.05) is 24.3 Å². The summed E-state index contributed by atoms with van der Waals surface area (Å²) in [7, 11) is -1.63. The van der Waals surface area contributed by atoms with Crippen LogP contribution in [0.25, 0.3) is 11.3 Å². The van der Waals surface area contributed by atoms with Gasteiger partial charge >= 0.3 is 6.03 Å². The molecule has 1 spiro atoms. The van der Waals surface area contributed by atoms with Crippen LogP contribution in [-0.4, -0.2) is 48.8 Å². The summed E-state index contributed by atoms with van der Waals surface area (Å²) in [4.78, 5) is 29.3. The molecular weight excluding hydrogens is 514 g/mol. The average molecular weight is 548 g/mol. The van der Waals surface area contributed by atoms with Gasteiger partial charge in [-0.05, 0) is 55.0 Å². The lowest BCUT2D eigenvalue weighted by atomic mass is 9.80. The molecule has 0 atom stereocenters. The van der Waals surface area contributed by atoms with Crippen LogP contribution in [0.4, 0.5) is 10.5 Å². The maximum Gasteiger partial charge on any atom is 0.322 e. The first-order valence-corrected chi connectivity index (χ1v) is 15.3. The van der Waals surface area contributed by atoms with Gasteiger partial charge in [0, 0.05) is 24.4 Å². The van der Waals surface area contributed by atoms with E-state index in [0.29, 0.717) is 29.8 Å². The van der Waals surface area contributed by atoms with Crippen LogP contribution in [0.15, 0.2) is 47.8 Å². The number of aromatic nitrogens is 3. The minimum absolute atomic E-state index is 0.0565. The van der Waals surface area contributed by atoms with Crippen molar-refractivity contribution in [3.05, 3.63) is 59.7 Å². The molecule has 10 heteroatoms. The normalized spacial score (nSPS) is 17.8. The second-order valence-electron chi connectivity index (χ2n) is 10.8. The lowest BCUT2D eigenvalue weighted by molar-refractivity contribution is 0.245. The first-order chi connectivity index (χ1) is 18.8. The lowest BCUT2D eigenvalue weighted by Gasteiger charge is -2.25. The van der Waals surface area contributed by atoms with Crippen molar-refractivity contribution < 1.29 is 17.9 Å². The van der Waals surface area contributed by atoms with Gasteiger partial charge < -0.3 is 10.1 Å². The fourth-order valence-corrected chi connectivity index (χ4v) is 6.94. The minimum atomic E-state index is -3.26. The summed E-state index contributed by atoms with van der Waals surface area (Å²) >= 11 is 0. The molecule has 0 unspecified atom stereocenters. The predicted molar refractivity (Wildman–Crippen MR) is 148 cm³/mol. The molecule has 0 radical (unpaired) electrons. The number of methoxy groups -OCH3 is 1. The number of carbonyl (C=O) groups is 1. The van der Waals surface area contributed by atoms with Gasteiger partial charge in [0.2, 0.25) is 5.88 Å². The molecule has 9 nitrogen and oxygen atoms in total. The summed E-state index contributed by atoms with van der Waals surface area (Å²) < 4.78 is 29.8. The summed E-state index contributed by atoms with van der Waals surface area (Å²) in [5.41, 5.74) is 5.38. The first-order valence-electron chi connectivity index (χ1n) is 13.6. The number of rotatable bonds is 7. The Bertz CT molecular complexity index is 1510. The molecule has 2 amide bonds. The molecule has 204 valence electrons. The van der Waals surface area contributed by atoms with Crippen molar-refractivity contribution in [2.45, 2.75) is 68.2 Å². The summed E-state index contributed by atoms with van der Waals surface area (Å²) in [6, 6.07) is 8.65. The molecule has 3 aromatic rings. The average Bonchev–Trinajstić information content (AvgIpc) is 3.63. The van der Waals surface area contributed by atoms with E-state index in [0.717, 1.165) is 72.3 Å². The van der Waals surface area contributed by atoms with E-state index in [4.69, 9.17) is 9.72 Å². The van der Waals surface area contributed by atoms with E-state index in [1.54, 1.807) is 44.6 Å². The van der Waals surface area contributed by atoms with Gasteiger partial charge in [-0.15, -0.1) is 0 Å². The van der Waals surface area contributed by atoms with E-state index >= 15 is 0 Å². The molecule has 2 aliphatic carbocycles. The molecule has 6 rings (SSSR count). The zero-order valence-corrected chi connectivity index (χ0v) is 23.1. The number of fused-ring (bicyclic) bond motifs is 2. The van der Waals surface area contributed by atoms with Crippen molar-refractivity contribution in [1.82, 2.24) is 20.3 Å². The summed E-state index contributed by atoms with van der Waals surface area (Å²) in [5, 5.41) is 3.03. The number of nitrogens with one attached hydrogen (secondary N) is 1. The van der Waals surface area contributed by atoms with Crippen molar-refractivity contribution in [3.63, 3.8) is 0 Å². The van der Waals surface area contributed by atoms with Crippen LogP contribution in [0.5, 0.6) is 5.88 Å². The Morgan fingerprint density at radius 2 is 1.87 bits per heavy atom. The zero-order valence-electron chi connectivity index (χ0n) is 22.3. The maximum absolute atomic E-state index is 13.5. The minimum Gasteiger partial charge on any atom is -0.480 e. The molecule has 3 heterocycles. The number of benzene rings is 1. The Morgan fingerprint density at radius 3 is 2.54 bits per heavy atom. The topological polar surface area (TPSA) is 114 Å². The van der Waals surface area contributed by atoms with E-state index in [2.05, 4.69) is 21.4 Å². The number of carbonyl (C=O) groups excluding carboxylic acids is 1. The van der Waals surface area contributed by atoms with Gasteiger partial charge in [-0.3, -0.25) is 9.88 Å². The van der Waals surface area contributed by atoms with Crippen molar-refractivity contribution in [2.24, 2.45) is 0 Å². The van der Waals surface area contributed by atoms with Crippen LogP contribution >= 0.6 is 0 Å². The van der Waals surface area contributed by atoms with Crippen LogP contribution < -0.4 is 15.0 Å². The largest absolute Gasteiger partial charge is 0.480 e. The Labute approximate surface area is 229 Å². The highest BCUT2D eigenvalue weighted by Gasteiger charge is 2.47. The molecule has 2 fully saturated rings. The quantitative estimate of drug-likeness (QED) is 0.454.